The van der Waals surface area contributed by atoms with Gasteiger partial charge in [0.2, 0.25) is 0 Å². The smallest absolute Gasteiger partial charge is 0.0974 e. The van der Waals surface area contributed by atoms with Crippen LogP contribution in [0.25, 0.3) is 0 Å². The summed E-state index contributed by atoms with van der Waals surface area (Å²) >= 11 is 0. The number of nitrogens with two attached hydrogens (primary N) is 1. The fraction of sp³-hybridized carbons (Fsp3) is 1.00. The summed E-state index contributed by atoms with van der Waals surface area (Å²) in [5.74, 6) is 0. The molecule has 0 heterocycles. The third kappa shape index (κ3) is 1.29. The molecule has 0 aromatic heterocycles. The molecule has 0 amide bonds. The molecule has 0 aromatic rings. The van der Waals surface area contributed by atoms with Gasteiger partial charge < -0.3 is 21.1 Å². The molecule has 0 saturated heterocycles. The highest BCUT2D eigenvalue weighted by atomic mass is 16.3. The predicted molar refractivity (Wildman–Crippen MR) is 35.2 cm³/mol. The first-order chi connectivity index (χ1) is 4.63. The minimum absolute atomic E-state index is 0.427. The lowest BCUT2D eigenvalue weighted by atomic mass is 9.88. The molecular weight excluding hydrogens is 134 g/mol. The second-order valence-corrected chi connectivity index (χ2v) is 2.78. The molecule has 4 atom stereocenters. The van der Waals surface area contributed by atoms with Crippen molar-refractivity contribution in [2.75, 3.05) is 0 Å². The Balaban J connectivity index is 2.52. The van der Waals surface area contributed by atoms with E-state index in [0.29, 0.717) is 12.8 Å². The van der Waals surface area contributed by atoms with Crippen LogP contribution < -0.4 is 5.73 Å². The average Bonchev–Trinajstić information content (AvgIpc) is 1.93. The second kappa shape index (κ2) is 2.84. The third-order valence-corrected chi connectivity index (χ3v) is 1.99. The zero-order valence-corrected chi connectivity index (χ0v) is 5.64. The fourth-order valence-electron chi connectivity index (χ4n) is 1.19. The van der Waals surface area contributed by atoms with E-state index in [2.05, 4.69) is 0 Å². The molecule has 1 saturated carbocycles. The topological polar surface area (TPSA) is 86.7 Å². The molecule has 0 spiro atoms. The van der Waals surface area contributed by atoms with Crippen molar-refractivity contribution in [3.8, 4) is 0 Å². The minimum atomic E-state index is -0.969. The van der Waals surface area contributed by atoms with Gasteiger partial charge in [-0.15, -0.1) is 0 Å². The Morgan fingerprint density at radius 3 is 2.00 bits per heavy atom. The van der Waals surface area contributed by atoms with E-state index in [1.807, 2.05) is 0 Å². The van der Waals surface area contributed by atoms with E-state index in [-0.39, 0.29) is 0 Å². The average molecular weight is 147 g/mol. The van der Waals surface area contributed by atoms with Crippen molar-refractivity contribution in [1.82, 2.24) is 0 Å². The Morgan fingerprint density at radius 1 is 1.00 bits per heavy atom. The summed E-state index contributed by atoms with van der Waals surface area (Å²) in [7, 11) is 0. The van der Waals surface area contributed by atoms with Gasteiger partial charge in [0.15, 0.2) is 0 Å². The van der Waals surface area contributed by atoms with Crippen LogP contribution in [0.3, 0.4) is 0 Å². The maximum Gasteiger partial charge on any atom is 0.0974 e. The van der Waals surface area contributed by atoms with E-state index in [1.54, 1.807) is 0 Å². The van der Waals surface area contributed by atoms with E-state index < -0.39 is 24.4 Å². The lowest BCUT2D eigenvalue weighted by molar-refractivity contribution is -0.0645. The molecule has 4 nitrogen and oxygen atoms in total. The van der Waals surface area contributed by atoms with E-state index in [1.165, 1.54) is 0 Å². The van der Waals surface area contributed by atoms with Crippen molar-refractivity contribution >= 4 is 0 Å². The molecule has 1 fully saturated rings. The highest BCUT2D eigenvalue weighted by Crippen LogP contribution is 2.17. The van der Waals surface area contributed by atoms with E-state index in [9.17, 15) is 0 Å². The Kier molecular flexibility index (Phi) is 2.25. The maximum atomic E-state index is 9.08. The monoisotopic (exact) mass is 147 g/mol. The maximum absolute atomic E-state index is 9.08. The fourth-order valence-corrected chi connectivity index (χ4v) is 1.19. The number of hydrogen-bond donors (Lipinski definition) is 4. The van der Waals surface area contributed by atoms with Crippen LogP contribution in [0.2, 0.25) is 0 Å². The number of rotatable bonds is 0. The molecule has 60 valence electrons. The summed E-state index contributed by atoms with van der Waals surface area (Å²) in [5, 5.41) is 27.2. The van der Waals surface area contributed by atoms with Crippen LogP contribution in [-0.2, 0) is 0 Å². The molecular formula is C6H13NO3. The van der Waals surface area contributed by atoms with Crippen molar-refractivity contribution in [3.63, 3.8) is 0 Å². The van der Waals surface area contributed by atoms with Gasteiger partial charge in [0, 0.05) is 0 Å². The summed E-state index contributed by atoms with van der Waals surface area (Å²) in [4.78, 5) is 0. The Bertz CT molecular complexity index is 106. The molecule has 4 heteroatoms. The van der Waals surface area contributed by atoms with Crippen LogP contribution in [0.1, 0.15) is 12.8 Å². The van der Waals surface area contributed by atoms with Crippen molar-refractivity contribution in [3.05, 3.63) is 0 Å². The highest BCUT2D eigenvalue weighted by Gasteiger charge is 2.33. The van der Waals surface area contributed by atoms with Gasteiger partial charge in [0.1, 0.15) is 0 Å². The zero-order chi connectivity index (χ0) is 7.72. The van der Waals surface area contributed by atoms with Gasteiger partial charge in [-0.05, 0) is 12.8 Å². The summed E-state index contributed by atoms with van der Waals surface area (Å²) in [6, 6.07) is -0.691. The summed E-state index contributed by atoms with van der Waals surface area (Å²) in [5.41, 5.74) is 5.35. The number of aliphatic hydroxyl groups is 3. The second-order valence-electron chi connectivity index (χ2n) is 2.78. The van der Waals surface area contributed by atoms with Crippen molar-refractivity contribution in [2.45, 2.75) is 37.2 Å². The van der Waals surface area contributed by atoms with Crippen LogP contribution >= 0.6 is 0 Å². The quantitative estimate of drug-likeness (QED) is 0.325. The van der Waals surface area contributed by atoms with Crippen molar-refractivity contribution in [2.24, 2.45) is 5.73 Å². The van der Waals surface area contributed by atoms with Crippen molar-refractivity contribution < 1.29 is 15.3 Å². The van der Waals surface area contributed by atoms with E-state index in [4.69, 9.17) is 21.1 Å². The van der Waals surface area contributed by atoms with Gasteiger partial charge in [-0.25, -0.2) is 0 Å². The standard InChI is InChI=1S/C6H13NO3/c7-5-3(8)1-2-4(9)6(5)10/h3-6,8-10H,1-2,7H2/t3-,4-,5-,6-/m0/s1. The molecule has 1 rings (SSSR count). The first-order valence-corrected chi connectivity index (χ1v) is 3.42. The first kappa shape index (κ1) is 7.94. The molecule has 1 aliphatic rings. The van der Waals surface area contributed by atoms with Crippen LogP contribution in [0.4, 0.5) is 0 Å². The molecule has 0 unspecified atom stereocenters. The number of aliphatic hydroxyl groups excluding tert-OH is 3. The SMILES string of the molecule is N[C@@H]1[C@@H](O)[C@@H](O)CC[C@@H]1O. The summed E-state index contributed by atoms with van der Waals surface area (Å²) in [6.07, 6.45) is -1.50. The Morgan fingerprint density at radius 2 is 1.50 bits per heavy atom. The first-order valence-electron chi connectivity index (χ1n) is 3.42. The van der Waals surface area contributed by atoms with E-state index >= 15 is 0 Å². The lowest BCUT2D eigenvalue weighted by Crippen LogP contribution is -2.54. The Hall–Kier alpha value is -0.160. The minimum Gasteiger partial charge on any atom is -0.391 e. The van der Waals surface area contributed by atoms with Gasteiger partial charge in [-0.2, -0.15) is 0 Å². The highest BCUT2D eigenvalue weighted by molar-refractivity contribution is 4.89. The summed E-state index contributed by atoms with van der Waals surface area (Å²) in [6.45, 7) is 0. The molecule has 0 aromatic carbocycles. The molecule has 0 aliphatic heterocycles. The predicted octanol–water partition coefficient (Wildman–Crippen LogP) is -1.81. The Labute approximate surface area is 59.3 Å². The van der Waals surface area contributed by atoms with Crippen LogP contribution in [0.5, 0.6) is 0 Å². The molecule has 5 N–H and O–H groups in total. The number of hydrogen-bond acceptors (Lipinski definition) is 4. The normalized spacial score (nSPS) is 49.2. The third-order valence-electron chi connectivity index (χ3n) is 1.99. The molecule has 0 bridgehead atoms. The van der Waals surface area contributed by atoms with Gasteiger partial charge in [0.25, 0.3) is 0 Å². The van der Waals surface area contributed by atoms with Crippen LogP contribution in [-0.4, -0.2) is 39.7 Å². The molecule has 0 radical (unpaired) electrons. The van der Waals surface area contributed by atoms with Crippen molar-refractivity contribution in [1.29, 1.82) is 0 Å². The molecule has 1 aliphatic carbocycles. The van der Waals surface area contributed by atoms with Gasteiger partial charge in [-0.3, -0.25) is 0 Å². The lowest BCUT2D eigenvalue weighted by Gasteiger charge is -2.32. The van der Waals surface area contributed by atoms with E-state index in [0.717, 1.165) is 0 Å². The van der Waals surface area contributed by atoms with Gasteiger partial charge in [-0.1, -0.05) is 0 Å². The van der Waals surface area contributed by atoms with Crippen LogP contribution in [0.15, 0.2) is 0 Å². The van der Waals surface area contributed by atoms with Gasteiger partial charge in [0.05, 0.1) is 24.4 Å². The summed E-state index contributed by atoms with van der Waals surface area (Å²) < 4.78 is 0. The van der Waals surface area contributed by atoms with Gasteiger partial charge >= 0.3 is 0 Å². The van der Waals surface area contributed by atoms with Crippen LogP contribution in [0, 0.1) is 0 Å². The largest absolute Gasteiger partial charge is 0.391 e. The zero-order valence-electron chi connectivity index (χ0n) is 5.64. The molecule has 10 heavy (non-hydrogen) atoms.